The molecule has 8 heteroatoms. The number of aryl methyl sites for hydroxylation is 1. The number of hydrogen-bond donors (Lipinski definition) is 0. The van der Waals surface area contributed by atoms with E-state index in [-0.39, 0.29) is 17.3 Å². The monoisotopic (exact) mass is 417 g/mol. The van der Waals surface area contributed by atoms with Crippen LogP contribution in [0.1, 0.15) is 27.4 Å². The van der Waals surface area contributed by atoms with Gasteiger partial charge in [0.05, 0.1) is 19.1 Å². The largest absolute Gasteiger partial charge is 0.496 e. The molecule has 0 aliphatic carbocycles. The minimum Gasteiger partial charge on any atom is -0.496 e. The number of nitriles is 1. The predicted octanol–water partition coefficient (Wildman–Crippen LogP) is 3.81. The van der Waals surface area contributed by atoms with E-state index in [1.807, 2.05) is 52.2 Å². The van der Waals surface area contributed by atoms with Gasteiger partial charge in [-0.05, 0) is 37.6 Å². The van der Waals surface area contributed by atoms with Gasteiger partial charge < -0.3 is 14.4 Å². The molecule has 3 rings (SSSR count). The van der Waals surface area contributed by atoms with Crippen molar-refractivity contribution >= 4 is 18.1 Å². The number of carbonyl (C=O) groups excluding carboxylic acids is 1. The highest BCUT2D eigenvalue weighted by atomic mass is 16.5. The van der Waals surface area contributed by atoms with Crippen molar-refractivity contribution in [1.82, 2.24) is 14.5 Å². The lowest BCUT2D eigenvalue weighted by Crippen LogP contribution is -2.17. The second-order valence-corrected chi connectivity index (χ2v) is 7.02. The lowest BCUT2D eigenvalue weighted by atomic mass is 10.1. The van der Waals surface area contributed by atoms with Crippen LogP contribution in [0.15, 0.2) is 47.5 Å². The zero-order valence-electron chi connectivity index (χ0n) is 18.1. The Balaban J connectivity index is 2.28. The summed E-state index contributed by atoms with van der Waals surface area (Å²) >= 11 is 0. The minimum absolute atomic E-state index is 0.0136. The molecule has 0 spiro atoms. The number of rotatable bonds is 6. The number of methoxy groups -OCH3 is 1. The summed E-state index contributed by atoms with van der Waals surface area (Å²) in [6.07, 6.45) is 1.55. The van der Waals surface area contributed by atoms with Crippen LogP contribution in [-0.4, -0.2) is 48.0 Å². The lowest BCUT2D eigenvalue weighted by molar-refractivity contribution is 0.0720. The molecule has 0 saturated carbocycles. The summed E-state index contributed by atoms with van der Waals surface area (Å²) in [5.41, 5.74) is 2.30. The molecule has 0 radical (unpaired) electrons. The van der Waals surface area contributed by atoms with Crippen LogP contribution in [0.25, 0.3) is 5.69 Å². The van der Waals surface area contributed by atoms with Crippen molar-refractivity contribution in [2.45, 2.75) is 13.8 Å². The number of nitrogens with zero attached hydrogens (tertiary/aromatic N) is 5. The van der Waals surface area contributed by atoms with Gasteiger partial charge >= 0.3 is 5.97 Å². The van der Waals surface area contributed by atoms with Gasteiger partial charge in [0.25, 0.3) is 0 Å². The van der Waals surface area contributed by atoms with Crippen molar-refractivity contribution in [3.8, 4) is 23.3 Å². The van der Waals surface area contributed by atoms with Crippen LogP contribution in [0.2, 0.25) is 0 Å². The number of benzene rings is 2. The number of esters is 1. The topological polar surface area (TPSA) is 92.7 Å². The predicted molar refractivity (Wildman–Crippen MR) is 118 cm³/mol. The minimum atomic E-state index is -0.698. The number of aliphatic imine (C=N–C) groups is 1. The van der Waals surface area contributed by atoms with E-state index in [0.717, 1.165) is 11.1 Å². The Kier molecular flexibility index (Phi) is 6.36. The Bertz CT molecular complexity index is 1170. The molecule has 3 aromatic rings. The first-order chi connectivity index (χ1) is 14.9. The number of para-hydroxylation sites is 1. The van der Waals surface area contributed by atoms with Crippen LogP contribution < -0.4 is 9.47 Å². The molecule has 0 amide bonds. The third-order valence-electron chi connectivity index (χ3n) is 4.53. The van der Waals surface area contributed by atoms with Crippen molar-refractivity contribution in [2.24, 2.45) is 4.99 Å². The van der Waals surface area contributed by atoms with E-state index in [2.05, 4.69) is 9.98 Å². The van der Waals surface area contributed by atoms with Gasteiger partial charge in [-0.2, -0.15) is 5.26 Å². The Labute approximate surface area is 181 Å². The molecule has 0 atom stereocenters. The summed E-state index contributed by atoms with van der Waals surface area (Å²) < 4.78 is 12.5. The van der Waals surface area contributed by atoms with Crippen LogP contribution in [0.5, 0.6) is 11.5 Å². The van der Waals surface area contributed by atoms with Gasteiger partial charge in [0.1, 0.15) is 17.6 Å². The summed E-state index contributed by atoms with van der Waals surface area (Å²) in [4.78, 5) is 23.5. The first-order valence-electron chi connectivity index (χ1n) is 9.52. The third kappa shape index (κ3) is 4.41. The highest BCUT2D eigenvalue weighted by Crippen LogP contribution is 2.34. The maximum Gasteiger partial charge on any atom is 0.380 e. The number of carbonyl (C=O) groups is 1. The van der Waals surface area contributed by atoms with E-state index in [1.165, 1.54) is 0 Å². The molecule has 0 aliphatic heterocycles. The highest BCUT2D eigenvalue weighted by molar-refractivity contribution is 5.90. The van der Waals surface area contributed by atoms with Crippen LogP contribution >= 0.6 is 0 Å². The molecule has 0 fully saturated rings. The van der Waals surface area contributed by atoms with Crippen LogP contribution in [0, 0.1) is 25.2 Å². The molecule has 1 aromatic heterocycles. The summed E-state index contributed by atoms with van der Waals surface area (Å²) in [6.45, 7) is 3.78. The second kappa shape index (κ2) is 9.13. The van der Waals surface area contributed by atoms with Crippen molar-refractivity contribution in [1.29, 1.82) is 5.26 Å². The third-order valence-corrected chi connectivity index (χ3v) is 4.53. The molecule has 2 aromatic carbocycles. The van der Waals surface area contributed by atoms with Gasteiger partial charge in [-0.1, -0.05) is 24.3 Å². The molecule has 1 heterocycles. The van der Waals surface area contributed by atoms with Crippen LogP contribution in [-0.2, 0) is 0 Å². The van der Waals surface area contributed by atoms with E-state index in [9.17, 15) is 10.1 Å². The van der Waals surface area contributed by atoms with E-state index in [1.54, 1.807) is 47.2 Å². The molecule has 158 valence electrons. The Morgan fingerprint density at radius 2 is 1.90 bits per heavy atom. The molecule has 0 unspecified atom stereocenters. The van der Waals surface area contributed by atoms with Gasteiger partial charge in [-0.15, -0.1) is 0 Å². The Hall–Kier alpha value is -4.12. The second-order valence-electron chi connectivity index (χ2n) is 7.02. The van der Waals surface area contributed by atoms with Crippen LogP contribution in [0.3, 0.4) is 0 Å². The smallest absolute Gasteiger partial charge is 0.380 e. The quantitative estimate of drug-likeness (QED) is 0.262. The molecule has 0 bridgehead atoms. The maximum atomic E-state index is 13.1. The first kappa shape index (κ1) is 21.6. The van der Waals surface area contributed by atoms with Crippen molar-refractivity contribution in [3.63, 3.8) is 0 Å². The molecule has 0 N–H and O–H groups in total. The van der Waals surface area contributed by atoms with Gasteiger partial charge in [0, 0.05) is 19.7 Å². The molecule has 31 heavy (non-hydrogen) atoms. The fourth-order valence-electron chi connectivity index (χ4n) is 3.15. The molecule has 8 nitrogen and oxygen atoms in total. The number of aromatic nitrogens is 2. The van der Waals surface area contributed by atoms with Crippen molar-refractivity contribution in [3.05, 3.63) is 65.1 Å². The van der Waals surface area contributed by atoms with Crippen LogP contribution in [0.4, 0.5) is 5.82 Å². The zero-order valence-corrected chi connectivity index (χ0v) is 18.1. The standard InChI is InChI=1S/C23H23N5O3/c1-15-11-12-19(30-5)16(2)20(15)28-21(25-14-27(3)4)18(13-24)26-22(28)23(29)31-17-9-7-6-8-10-17/h6-12,14H,1-5H3/b25-14+. The van der Waals surface area contributed by atoms with Gasteiger partial charge in [-0.3, -0.25) is 4.57 Å². The normalized spacial score (nSPS) is 10.7. The molecule has 0 saturated heterocycles. The summed E-state index contributed by atoms with van der Waals surface area (Å²) in [5, 5.41) is 9.69. The first-order valence-corrected chi connectivity index (χ1v) is 9.52. The highest BCUT2D eigenvalue weighted by Gasteiger charge is 2.27. The Morgan fingerprint density at radius 3 is 2.52 bits per heavy atom. The van der Waals surface area contributed by atoms with E-state index >= 15 is 0 Å². The fourth-order valence-corrected chi connectivity index (χ4v) is 3.15. The number of imidazole rings is 1. The van der Waals surface area contributed by atoms with Crippen molar-refractivity contribution < 1.29 is 14.3 Å². The zero-order chi connectivity index (χ0) is 22.5. The SMILES string of the molecule is COc1ccc(C)c(-n2c(C(=O)Oc3ccccc3)nc(C#N)c2/N=C/N(C)C)c1C. The average molecular weight is 417 g/mol. The van der Waals surface area contributed by atoms with Crippen molar-refractivity contribution in [2.75, 3.05) is 21.2 Å². The molecular weight excluding hydrogens is 394 g/mol. The van der Waals surface area contributed by atoms with E-state index in [0.29, 0.717) is 17.2 Å². The Morgan fingerprint density at radius 1 is 1.19 bits per heavy atom. The number of ether oxygens (including phenoxy) is 2. The lowest BCUT2D eigenvalue weighted by Gasteiger charge is -2.17. The van der Waals surface area contributed by atoms with Gasteiger partial charge in [-0.25, -0.2) is 14.8 Å². The number of hydrogen-bond acceptors (Lipinski definition) is 6. The summed E-state index contributed by atoms with van der Waals surface area (Å²) in [6, 6.07) is 14.4. The van der Waals surface area contributed by atoms with E-state index in [4.69, 9.17) is 9.47 Å². The maximum absolute atomic E-state index is 13.1. The molecular formula is C23H23N5O3. The van der Waals surface area contributed by atoms with Gasteiger partial charge in [0.15, 0.2) is 11.5 Å². The van der Waals surface area contributed by atoms with E-state index < -0.39 is 5.97 Å². The fraction of sp³-hybridized carbons (Fsp3) is 0.217. The summed E-state index contributed by atoms with van der Waals surface area (Å²) in [7, 11) is 5.19. The summed E-state index contributed by atoms with van der Waals surface area (Å²) in [5.74, 6) is 0.493. The average Bonchev–Trinajstić information content (AvgIpc) is 3.11. The van der Waals surface area contributed by atoms with Gasteiger partial charge in [0.2, 0.25) is 5.82 Å². The molecule has 0 aliphatic rings.